The highest BCUT2D eigenvalue weighted by molar-refractivity contribution is 5.67. The van der Waals surface area contributed by atoms with Gasteiger partial charge in [-0.05, 0) is 43.0 Å². The van der Waals surface area contributed by atoms with E-state index in [0.29, 0.717) is 6.42 Å². The summed E-state index contributed by atoms with van der Waals surface area (Å²) in [6, 6.07) is 12.5. The third-order valence-corrected chi connectivity index (χ3v) is 3.92. The van der Waals surface area contributed by atoms with E-state index in [0.717, 1.165) is 30.8 Å². The summed E-state index contributed by atoms with van der Waals surface area (Å²) < 4.78 is 0. The molecule has 3 rings (SSSR count). The normalized spacial score (nSPS) is 15.8. The Labute approximate surface area is 119 Å². The first-order valence-corrected chi connectivity index (χ1v) is 7.29. The maximum absolute atomic E-state index is 9.81. The first kappa shape index (κ1) is 13.1. The van der Waals surface area contributed by atoms with Crippen LogP contribution in [0.5, 0.6) is 0 Å². The Morgan fingerprint density at radius 1 is 1.25 bits per heavy atom. The first-order valence-electron chi connectivity index (χ1n) is 7.29. The summed E-state index contributed by atoms with van der Waals surface area (Å²) in [4.78, 5) is 6.72. The minimum absolute atomic E-state index is 0.460. The summed E-state index contributed by atoms with van der Waals surface area (Å²) in [5.74, 6) is 0. The van der Waals surface area contributed by atoms with Gasteiger partial charge in [0.05, 0.1) is 23.7 Å². The molecule has 0 bridgehead atoms. The molecule has 1 aromatic heterocycles. The number of anilines is 2. The van der Waals surface area contributed by atoms with Crippen LogP contribution in [0.4, 0.5) is 11.4 Å². The van der Waals surface area contributed by atoms with Crippen LogP contribution in [0, 0.1) is 0 Å². The van der Waals surface area contributed by atoms with E-state index in [1.165, 1.54) is 11.3 Å². The van der Waals surface area contributed by atoms with Crippen molar-refractivity contribution in [1.29, 1.82) is 0 Å². The zero-order valence-corrected chi connectivity index (χ0v) is 11.8. The van der Waals surface area contributed by atoms with E-state index in [-0.39, 0.29) is 0 Å². The molecule has 0 saturated heterocycles. The van der Waals surface area contributed by atoms with Crippen LogP contribution >= 0.6 is 0 Å². The van der Waals surface area contributed by atoms with Gasteiger partial charge in [-0.2, -0.15) is 0 Å². The van der Waals surface area contributed by atoms with Crippen LogP contribution < -0.4 is 4.90 Å². The van der Waals surface area contributed by atoms with Crippen molar-refractivity contribution in [1.82, 2.24) is 4.98 Å². The molecule has 3 heteroatoms. The van der Waals surface area contributed by atoms with E-state index in [4.69, 9.17) is 0 Å². The third kappa shape index (κ3) is 2.41. The molecule has 0 saturated carbocycles. The molecule has 0 radical (unpaired) electrons. The molecule has 2 aromatic rings. The van der Waals surface area contributed by atoms with Crippen molar-refractivity contribution in [3.8, 4) is 0 Å². The number of aryl methyl sites for hydroxylation is 1. The van der Waals surface area contributed by atoms with E-state index in [2.05, 4.69) is 40.2 Å². The van der Waals surface area contributed by atoms with E-state index < -0.39 is 6.10 Å². The van der Waals surface area contributed by atoms with Gasteiger partial charge in [0, 0.05) is 12.2 Å². The molecule has 2 heterocycles. The van der Waals surface area contributed by atoms with Crippen molar-refractivity contribution in [2.24, 2.45) is 0 Å². The molecule has 0 aliphatic carbocycles. The Kier molecular flexibility index (Phi) is 3.70. The lowest BCUT2D eigenvalue weighted by atomic mass is 10.0. The second-order valence-electron chi connectivity index (χ2n) is 5.25. The number of hydrogen-bond acceptors (Lipinski definition) is 3. The Morgan fingerprint density at radius 3 is 2.85 bits per heavy atom. The molecule has 0 unspecified atom stereocenters. The van der Waals surface area contributed by atoms with Crippen molar-refractivity contribution in [3.63, 3.8) is 0 Å². The Bertz CT molecular complexity index is 580. The Balaban J connectivity index is 1.91. The largest absolute Gasteiger partial charge is 0.387 e. The molecule has 1 aliphatic rings. The van der Waals surface area contributed by atoms with Crippen molar-refractivity contribution < 1.29 is 5.11 Å². The lowest BCUT2D eigenvalue weighted by Crippen LogP contribution is -2.24. The highest BCUT2D eigenvalue weighted by atomic mass is 16.3. The fraction of sp³-hybridized carbons (Fsp3) is 0.353. The number of nitrogens with zero attached hydrogens (tertiary/aromatic N) is 2. The van der Waals surface area contributed by atoms with Crippen LogP contribution in [-0.2, 0) is 6.42 Å². The number of fused-ring (bicyclic) bond motifs is 1. The summed E-state index contributed by atoms with van der Waals surface area (Å²) >= 11 is 0. The van der Waals surface area contributed by atoms with Gasteiger partial charge < -0.3 is 10.0 Å². The Hall–Kier alpha value is -1.87. The minimum atomic E-state index is -0.460. The van der Waals surface area contributed by atoms with Gasteiger partial charge in [-0.25, -0.2) is 0 Å². The summed E-state index contributed by atoms with van der Waals surface area (Å²) in [5, 5.41) is 9.81. The molecule has 1 aromatic carbocycles. The molecule has 0 fully saturated rings. The van der Waals surface area contributed by atoms with Gasteiger partial charge in [0.15, 0.2) is 0 Å². The van der Waals surface area contributed by atoms with Crippen molar-refractivity contribution in [2.45, 2.75) is 32.3 Å². The monoisotopic (exact) mass is 268 g/mol. The molecular weight excluding hydrogens is 248 g/mol. The second kappa shape index (κ2) is 5.63. The first-order chi connectivity index (χ1) is 9.79. The number of pyridine rings is 1. The van der Waals surface area contributed by atoms with Crippen LogP contribution in [0.1, 0.15) is 37.1 Å². The molecule has 1 N–H and O–H groups in total. The predicted octanol–water partition coefficient (Wildman–Crippen LogP) is 3.61. The highest BCUT2D eigenvalue weighted by Crippen LogP contribution is 2.33. The van der Waals surface area contributed by atoms with Crippen molar-refractivity contribution in [3.05, 3.63) is 53.9 Å². The summed E-state index contributed by atoms with van der Waals surface area (Å²) in [7, 11) is 0. The lowest BCUT2D eigenvalue weighted by molar-refractivity contribution is 0.169. The fourth-order valence-corrected chi connectivity index (χ4v) is 2.77. The highest BCUT2D eigenvalue weighted by Gasteiger charge is 2.18. The number of hydrogen-bond donors (Lipinski definition) is 1. The molecule has 20 heavy (non-hydrogen) atoms. The molecule has 0 spiro atoms. The molecular formula is C17H20N2O. The fourth-order valence-electron chi connectivity index (χ4n) is 2.77. The lowest BCUT2D eigenvalue weighted by Gasteiger charge is -2.31. The zero-order chi connectivity index (χ0) is 13.9. The van der Waals surface area contributed by atoms with Crippen molar-refractivity contribution >= 4 is 11.4 Å². The number of aliphatic hydroxyl groups excluding tert-OH is 1. The molecule has 104 valence electrons. The van der Waals surface area contributed by atoms with Gasteiger partial charge in [0.2, 0.25) is 0 Å². The SMILES string of the molecule is CC[C@H](O)c1ccc(N2CCCc3ccccc32)cn1. The van der Waals surface area contributed by atoms with Gasteiger partial charge >= 0.3 is 0 Å². The molecule has 1 atom stereocenters. The van der Waals surface area contributed by atoms with E-state index in [9.17, 15) is 5.11 Å². The second-order valence-corrected chi connectivity index (χ2v) is 5.25. The predicted molar refractivity (Wildman–Crippen MR) is 81.3 cm³/mol. The van der Waals surface area contributed by atoms with Gasteiger partial charge in [-0.1, -0.05) is 25.1 Å². The zero-order valence-electron chi connectivity index (χ0n) is 11.8. The van der Waals surface area contributed by atoms with Gasteiger partial charge in [-0.15, -0.1) is 0 Å². The summed E-state index contributed by atoms with van der Waals surface area (Å²) in [6.45, 7) is 2.98. The maximum Gasteiger partial charge on any atom is 0.0957 e. The summed E-state index contributed by atoms with van der Waals surface area (Å²) in [6.07, 6.45) is 4.41. The topological polar surface area (TPSA) is 36.4 Å². The van der Waals surface area contributed by atoms with Crippen LogP contribution in [0.2, 0.25) is 0 Å². The van der Waals surface area contributed by atoms with E-state index in [1.54, 1.807) is 0 Å². The van der Waals surface area contributed by atoms with Crippen LogP contribution in [-0.4, -0.2) is 16.6 Å². The average Bonchev–Trinajstić information content (AvgIpc) is 2.54. The van der Waals surface area contributed by atoms with Crippen LogP contribution in [0.25, 0.3) is 0 Å². The molecule has 1 aliphatic heterocycles. The summed E-state index contributed by atoms with van der Waals surface area (Å²) in [5.41, 5.74) is 4.53. The van der Waals surface area contributed by atoms with Gasteiger partial charge in [0.1, 0.15) is 0 Å². The van der Waals surface area contributed by atoms with Crippen LogP contribution in [0.15, 0.2) is 42.6 Å². The van der Waals surface area contributed by atoms with E-state index in [1.807, 2.05) is 19.2 Å². The van der Waals surface area contributed by atoms with Gasteiger partial charge in [0.25, 0.3) is 0 Å². The van der Waals surface area contributed by atoms with Gasteiger partial charge in [-0.3, -0.25) is 4.98 Å². The number of para-hydroxylation sites is 1. The maximum atomic E-state index is 9.81. The molecule has 3 nitrogen and oxygen atoms in total. The standard InChI is InChI=1S/C17H20N2O/c1-2-17(20)15-10-9-14(12-18-15)19-11-5-7-13-6-3-4-8-16(13)19/h3-4,6,8-10,12,17,20H,2,5,7,11H2,1H3/t17-/m0/s1. The number of benzene rings is 1. The number of aromatic nitrogens is 1. The van der Waals surface area contributed by atoms with E-state index >= 15 is 0 Å². The Morgan fingerprint density at radius 2 is 2.10 bits per heavy atom. The third-order valence-electron chi connectivity index (χ3n) is 3.92. The number of rotatable bonds is 3. The quantitative estimate of drug-likeness (QED) is 0.923. The number of aliphatic hydroxyl groups is 1. The average molecular weight is 268 g/mol. The van der Waals surface area contributed by atoms with Crippen LogP contribution in [0.3, 0.4) is 0 Å². The minimum Gasteiger partial charge on any atom is -0.387 e. The molecule has 0 amide bonds. The smallest absolute Gasteiger partial charge is 0.0957 e. The van der Waals surface area contributed by atoms with Crippen molar-refractivity contribution in [2.75, 3.05) is 11.4 Å².